The van der Waals surface area contributed by atoms with Gasteiger partial charge in [0.25, 0.3) is 0 Å². The maximum Gasteiger partial charge on any atom is 0.243 e. The minimum Gasteiger partial charge on any atom is -0.454 e. The van der Waals surface area contributed by atoms with Gasteiger partial charge in [-0.25, -0.2) is 5.43 Å². The van der Waals surface area contributed by atoms with Crippen molar-refractivity contribution in [2.75, 3.05) is 6.79 Å². The van der Waals surface area contributed by atoms with E-state index in [1.807, 2.05) is 36.4 Å². The molecule has 1 amide bonds. The van der Waals surface area contributed by atoms with Gasteiger partial charge in [-0.15, -0.1) is 0 Å². The van der Waals surface area contributed by atoms with E-state index in [-0.39, 0.29) is 18.6 Å². The van der Waals surface area contributed by atoms with Gasteiger partial charge in [-0.1, -0.05) is 30.3 Å². The van der Waals surface area contributed by atoms with Gasteiger partial charge >= 0.3 is 0 Å². The Kier molecular flexibility index (Phi) is 3.46. The van der Waals surface area contributed by atoms with E-state index in [9.17, 15) is 4.79 Å². The molecule has 1 fully saturated rings. The molecule has 2 aliphatic rings. The van der Waals surface area contributed by atoms with Crippen LogP contribution in [0.15, 0.2) is 53.6 Å². The molecular formula is C18H16N2O3. The molecule has 116 valence electrons. The van der Waals surface area contributed by atoms with E-state index < -0.39 is 0 Å². The average molecular weight is 308 g/mol. The summed E-state index contributed by atoms with van der Waals surface area (Å²) >= 11 is 0. The number of hydrogen-bond acceptors (Lipinski definition) is 4. The number of nitrogens with one attached hydrogen (secondary N) is 1. The van der Waals surface area contributed by atoms with Crippen LogP contribution >= 0.6 is 0 Å². The largest absolute Gasteiger partial charge is 0.454 e. The zero-order valence-electron chi connectivity index (χ0n) is 12.4. The first-order chi connectivity index (χ1) is 11.3. The van der Waals surface area contributed by atoms with E-state index in [0.29, 0.717) is 11.7 Å². The second-order valence-electron chi connectivity index (χ2n) is 5.71. The zero-order valence-corrected chi connectivity index (χ0v) is 12.4. The van der Waals surface area contributed by atoms with Crippen LogP contribution in [0.1, 0.15) is 23.5 Å². The van der Waals surface area contributed by atoms with Gasteiger partial charge in [0.2, 0.25) is 12.7 Å². The summed E-state index contributed by atoms with van der Waals surface area (Å²) in [6, 6.07) is 15.6. The number of benzene rings is 2. The molecule has 0 saturated heterocycles. The number of hydrazone groups is 1. The van der Waals surface area contributed by atoms with Crippen molar-refractivity contribution in [3.8, 4) is 11.5 Å². The Morgan fingerprint density at radius 2 is 1.96 bits per heavy atom. The van der Waals surface area contributed by atoms with Crippen LogP contribution < -0.4 is 14.9 Å². The smallest absolute Gasteiger partial charge is 0.243 e. The lowest BCUT2D eigenvalue weighted by Crippen LogP contribution is -2.20. The fourth-order valence-corrected chi connectivity index (χ4v) is 2.80. The minimum absolute atomic E-state index is 0.0197. The van der Waals surface area contributed by atoms with Gasteiger partial charge in [-0.3, -0.25) is 4.79 Å². The Hall–Kier alpha value is -2.82. The molecule has 1 N–H and O–H groups in total. The number of amides is 1. The van der Waals surface area contributed by atoms with Gasteiger partial charge < -0.3 is 9.47 Å². The van der Waals surface area contributed by atoms with E-state index in [1.54, 1.807) is 6.21 Å². The number of ether oxygens (including phenoxy) is 2. The third kappa shape index (κ3) is 2.90. The molecule has 0 aromatic heterocycles. The van der Waals surface area contributed by atoms with Crippen LogP contribution in [0.3, 0.4) is 0 Å². The molecule has 2 atom stereocenters. The van der Waals surface area contributed by atoms with E-state index in [4.69, 9.17) is 9.47 Å². The number of carbonyl (C=O) groups is 1. The first-order valence-corrected chi connectivity index (χ1v) is 7.59. The van der Waals surface area contributed by atoms with Crippen LogP contribution in [0.25, 0.3) is 0 Å². The SMILES string of the molecule is O=C(N/N=C/c1ccc2c(c1)OCO2)C1CC1c1ccccc1. The Labute approximate surface area is 133 Å². The van der Waals surface area contributed by atoms with E-state index in [2.05, 4.69) is 22.7 Å². The van der Waals surface area contributed by atoms with Crippen molar-refractivity contribution in [1.29, 1.82) is 0 Å². The molecule has 0 bridgehead atoms. The Morgan fingerprint density at radius 3 is 2.83 bits per heavy atom. The lowest BCUT2D eigenvalue weighted by molar-refractivity contribution is -0.122. The molecule has 2 aromatic carbocycles. The van der Waals surface area contributed by atoms with Gasteiger partial charge in [-0.05, 0) is 41.7 Å². The van der Waals surface area contributed by atoms with Gasteiger partial charge in [0.05, 0.1) is 6.21 Å². The number of fused-ring (bicyclic) bond motifs is 1. The quantitative estimate of drug-likeness (QED) is 0.698. The fourth-order valence-electron chi connectivity index (χ4n) is 2.80. The summed E-state index contributed by atoms with van der Waals surface area (Å²) in [6.45, 7) is 0.245. The number of carbonyl (C=O) groups excluding carboxylic acids is 1. The van der Waals surface area contributed by atoms with Crippen molar-refractivity contribution in [3.63, 3.8) is 0 Å². The number of nitrogens with zero attached hydrogens (tertiary/aromatic N) is 1. The van der Waals surface area contributed by atoms with Crippen LogP contribution in [0, 0.1) is 5.92 Å². The normalized spacial score (nSPS) is 21.4. The third-order valence-electron chi connectivity index (χ3n) is 4.14. The van der Waals surface area contributed by atoms with Crippen molar-refractivity contribution in [1.82, 2.24) is 5.43 Å². The maximum atomic E-state index is 12.1. The number of rotatable bonds is 4. The summed E-state index contributed by atoms with van der Waals surface area (Å²) in [5.74, 6) is 1.74. The first kappa shape index (κ1) is 13.8. The summed E-state index contributed by atoms with van der Waals surface area (Å²) in [4.78, 5) is 12.1. The standard InChI is InChI=1S/C18H16N2O3/c21-18(15-9-14(15)13-4-2-1-3-5-13)20-19-10-12-6-7-16-17(8-12)23-11-22-16/h1-8,10,14-15H,9,11H2,(H,20,21)/b19-10+. The fraction of sp³-hybridized carbons (Fsp3) is 0.222. The highest BCUT2D eigenvalue weighted by Gasteiger charge is 2.43. The monoisotopic (exact) mass is 308 g/mol. The molecule has 4 rings (SSSR count). The zero-order chi connectivity index (χ0) is 15.6. The predicted octanol–water partition coefficient (Wildman–Crippen LogP) is 2.67. The summed E-state index contributed by atoms with van der Waals surface area (Å²) < 4.78 is 10.6. The maximum absolute atomic E-state index is 12.1. The number of hydrogen-bond donors (Lipinski definition) is 1. The topological polar surface area (TPSA) is 59.9 Å². The predicted molar refractivity (Wildman–Crippen MR) is 85.6 cm³/mol. The summed E-state index contributed by atoms with van der Waals surface area (Å²) in [5, 5.41) is 4.04. The molecule has 0 radical (unpaired) electrons. The lowest BCUT2D eigenvalue weighted by atomic mass is 10.1. The van der Waals surface area contributed by atoms with Crippen LogP contribution in [-0.2, 0) is 4.79 Å². The Balaban J connectivity index is 1.34. The highest BCUT2D eigenvalue weighted by Crippen LogP contribution is 2.47. The molecule has 5 heteroatoms. The van der Waals surface area contributed by atoms with Crippen LogP contribution in [0.2, 0.25) is 0 Å². The second kappa shape index (κ2) is 5.76. The van der Waals surface area contributed by atoms with Crippen LogP contribution in [-0.4, -0.2) is 18.9 Å². The van der Waals surface area contributed by atoms with Crippen molar-refractivity contribution >= 4 is 12.1 Å². The summed E-state index contributed by atoms with van der Waals surface area (Å²) in [7, 11) is 0. The molecule has 2 aromatic rings. The highest BCUT2D eigenvalue weighted by atomic mass is 16.7. The van der Waals surface area contributed by atoms with Crippen molar-refractivity contribution < 1.29 is 14.3 Å². The molecule has 0 spiro atoms. The van der Waals surface area contributed by atoms with Crippen molar-refractivity contribution in [2.24, 2.45) is 11.0 Å². The molecule has 1 aliphatic heterocycles. The van der Waals surface area contributed by atoms with E-state index in [0.717, 1.165) is 17.7 Å². The molecule has 1 saturated carbocycles. The summed E-state index contributed by atoms with van der Waals surface area (Å²) in [5.41, 5.74) is 4.69. The first-order valence-electron chi connectivity index (χ1n) is 7.59. The van der Waals surface area contributed by atoms with Gasteiger partial charge in [0.15, 0.2) is 11.5 Å². The van der Waals surface area contributed by atoms with Crippen LogP contribution in [0.4, 0.5) is 0 Å². The highest BCUT2D eigenvalue weighted by molar-refractivity contribution is 5.86. The Morgan fingerprint density at radius 1 is 1.13 bits per heavy atom. The third-order valence-corrected chi connectivity index (χ3v) is 4.14. The van der Waals surface area contributed by atoms with Gasteiger partial charge in [0.1, 0.15) is 0 Å². The summed E-state index contributed by atoms with van der Waals surface area (Å²) in [6.07, 6.45) is 2.50. The molecule has 2 unspecified atom stereocenters. The van der Waals surface area contributed by atoms with Crippen molar-refractivity contribution in [3.05, 3.63) is 59.7 Å². The van der Waals surface area contributed by atoms with Crippen LogP contribution in [0.5, 0.6) is 11.5 Å². The average Bonchev–Trinajstić information content (AvgIpc) is 3.26. The molecule has 23 heavy (non-hydrogen) atoms. The van der Waals surface area contributed by atoms with Gasteiger partial charge in [0, 0.05) is 5.92 Å². The second-order valence-corrected chi connectivity index (χ2v) is 5.71. The Bertz CT molecular complexity index is 758. The van der Waals surface area contributed by atoms with E-state index >= 15 is 0 Å². The van der Waals surface area contributed by atoms with Crippen molar-refractivity contribution in [2.45, 2.75) is 12.3 Å². The molecule has 1 heterocycles. The molecule has 5 nitrogen and oxygen atoms in total. The molecule has 1 aliphatic carbocycles. The molecular weight excluding hydrogens is 292 g/mol. The van der Waals surface area contributed by atoms with Gasteiger partial charge in [-0.2, -0.15) is 5.10 Å². The van der Waals surface area contributed by atoms with E-state index in [1.165, 1.54) is 5.56 Å². The lowest BCUT2D eigenvalue weighted by Gasteiger charge is -2.00. The minimum atomic E-state index is -0.0316.